The van der Waals surface area contributed by atoms with E-state index in [2.05, 4.69) is 0 Å². The summed E-state index contributed by atoms with van der Waals surface area (Å²) in [5, 5.41) is -0.104. The molecule has 0 bridgehead atoms. The lowest BCUT2D eigenvalue weighted by Crippen LogP contribution is -2.68. The highest BCUT2D eigenvalue weighted by Gasteiger charge is 2.53. The second-order valence-corrected chi connectivity index (χ2v) is 7.69. The van der Waals surface area contributed by atoms with Gasteiger partial charge in [0.2, 0.25) is 5.91 Å². The zero-order valence-electron chi connectivity index (χ0n) is 12.0. The first-order valence-electron chi connectivity index (χ1n) is 6.96. The van der Waals surface area contributed by atoms with Gasteiger partial charge in [0.25, 0.3) is 0 Å². The molecule has 2 aliphatic heterocycles. The average molecular weight is 296 g/mol. The van der Waals surface area contributed by atoms with Crippen LogP contribution in [0.25, 0.3) is 0 Å². The van der Waals surface area contributed by atoms with Gasteiger partial charge in [-0.25, -0.2) is 4.79 Å². The van der Waals surface area contributed by atoms with E-state index in [1.165, 1.54) is 0 Å². The van der Waals surface area contributed by atoms with Gasteiger partial charge in [-0.3, -0.25) is 9.69 Å². The smallest absolute Gasteiger partial charge is 0.355 e. The second-order valence-electron chi connectivity index (χ2n) is 6.59. The number of carbonyl (C=O) groups excluding carboxylic acids is 2. The quantitative estimate of drug-likeness (QED) is 0.613. The molecule has 1 amide bonds. The molecule has 2 N–H and O–H groups in total. The number of carbonyl (C=O) groups is 2. The summed E-state index contributed by atoms with van der Waals surface area (Å²) in [5.41, 5.74) is 6.80. The van der Waals surface area contributed by atoms with Crippen molar-refractivity contribution >= 4 is 23.6 Å². The van der Waals surface area contributed by atoms with E-state index in [9.17, 15) is 9.59 Å². The molecule has 0 unspecified atom stereocenters. The summed E-state index contributed by atoms with van der Waals surface area (Å²) in [6, 6.07) is -0.488. The Kier molecular flexibility index (Phi) is 3.14. The molecule has 5 nitrogen and oxygen atoms in total. The summed E-state index contributed by atoms with van der Waals surface area (Å²) >= 11 is 1.65. The Morgan fingerprint density at radius 3 is 2.60 bits per heavy atom. The lowest BCUT2D eigenvalue weighted by Gasteiger charge is -2.48. The molecule has 1 aliphatic carbocycles. The van der Waals surface area contributed by atoms with Crippen LogP contribution in [0, 0.1) is 5.92 Å². The molecule has 3 rings (SSSR count). The topological polar surface area (TPSA) is 72.6 Å². The van der Waals surface area contributed by atoms with Crippen molar-refractivity contribution in [3.63, 3.8) is 0 Å². The zero-order valence-corrected chi connectivity index (χ0v) is 12.8. The molecular weight excluding hydrogens is 276 g/mol. The van der Waals surface area contributed by atoms with Crippen LogP contribution in [0.5, 0.6) is 0 Å². The average Bonchev–Trinajstić information content (AvgIpc) is 3.18. The van der Waals surface area contributed by atoms with Crippen LogP contribution >= 0.6 is 11.8 Å². The molecule has 0 spiro atoms. The molecule has 1 saturated heterocycles. The van der Waals surface area contributed by atoms with Crippen LogP contribution in [0.4, 0.5) is 0 Å². The first-order valence-corrected chi connectivity index (χ1v) is 8.01. The number of amides is 1. The third kappa shape index (κ3) is 2.24. The Hall–Kier alpha value is -1.01. The van der Waals surface area contributed by atoms with E-state index in [0.717, 1.165) is 24.2 Å². The summed E-state index contributed by atoms with van der Waals surface area (Å²) in [7, 11) is 0. The Morgan fingerprint density at radius 1 is 1.40 bits per heavy atom. The maximum absolute atomic E-state index is 12.5. The second kappa shape index (κ2) is 4.49. The number of ether oxygens (including phenoxy) is 1. The van der Waals surface area contributed by atoms with Crippen LogP contribution in [0.15, 0.2) is 11.3 Å². The van der Waals surface area contributed by atoms with Crippen molar-refractivity contribution in [3.8, 4) is 0 Å². The van der Waals surface area contributed by atoms with Gasteiger partial charge in [0.1, 0.15) is 22.7 Å². The third-order valence-corrected chi connectivity index (χ3v) is 5.02. The Morgan fingerprint density at radius 2 is 2.05 bits per heavy atom. The van der Waals surface area contributed by atoms with Crippen molar-refractivity contribution in [1.82, 2.24) is 4.90 Å². The molecule has 2 atom stereocenters. The molecular formula is C14H20N2O3S. The van der Waals surface area contributed by atoms with Gasteiger partial charge in [0, 0.05) is 5.75 Å². The molecule has 0 aromatic carbocycles. The van der Waals surface area contributed by atoms with Gasteiger partial charge in [-0.1, -0.05) is 0 Å². The van der Waals surface area contributed by atoms with E-state index >= 15 is 0 Å². The largest absolute Gasteiger partial charge is 0.455 e. The summed E-state index contributed by atoms with van der Waals surface area (Å²) in [5.74, 6) is 0.670. The number of nitrogens with zero attached hydrogens (tertiary/aromatic N) is 1. The van der Waals surface area contributed by atoms with Gasteiger partial charge in [0.05, 0.1) is 0 Å². The summed E-state index contributed by atoms with van der Waals surface area (Å²) in [6.07, 6.45) is 2.20. The molecule has 1 saturated carbocycles. The van der Waals surface area contributed by atoms with Crippen LogP contribution in [0.1, 0.15) is 33.6 Å². The molecule has 0 radical (unpaired) electrons. The third-order valence-electron chi connectivity index (χ3n) is 3.70. The number of thioether (sulfide) groups is 1. The van der Waals surface area contributed by atoms with Gasteiger partial charge in [0.15, 0.2) is 0 Å². The van der Waals surface area contributed by atoms with E-state index in [0.29, 0.717) is 11.6 Å². The molecule has 2 heterocycles. The lowest BCUT2D eigenvalue weighted by molar-refractivity contribution is -0.158. The minimum absolute atomic E-state index is 0.104. The normalized spacial score (nSPS) is 30.0. The van der Waals surface area contributed by atoms with E-state index in [-0.39, 0.29) is 17.3 Å². The maximum Gasteiger partial charge on any atom is 0.355 e. The molecule has 110 valence electrons. The minimum atomic E-state index is -0.561. The monoisotopic (exact) mass is 296 g/mol. The van der Waals surface area contributed by atoms with Crippen molar-refractivity contribution < 1.29 is 14.3 Å². The maximum atomic E-state index is 12.5. The predicted octanol–water partition coefficient (Wildman–Crippen LogP) is 1.23. The standard InChI is InChI=1S/C14H20N2O3S/c1-14(2,3)19-13(18)10-8(7-4-5-7)6-20-12-9(15)11(17)16(10)12/h7,9,12H,4-6,15H2,1-3H3/t9-,12-/m1/s1. The van der Waals surface area contributed by atoms with Crippen LogP contribution < -0.4 is 5.73 Å². The molecule has 3 aliphatic rings. The van der Waals surface area contributed by atoms with Crippen molar-refractivity contribution in [2.24, 2.45) is 11.7 Å². The summed E-state index contributed by atoms with van der Waals surface area (Å²) < 4.78 is 5.48. The summed E-state index contributed by atoms with van der Waals surface area (Å²) in [4.78, 5) is 26.0. The SMILES string of the molecule is CC(C)(C)OC(=O)C1=C(C2CC2)CS[C@@H]2[C@H](N)C(=O)N12. The number of rotatable bonds is 2. The van der Waals surface area contributed by atoms with Crippen molar-refractivity contribution in [1.29, 1.82) is 0 Å². The van der Waals surface area contributed by atoms with Crippen LogP contribution in [-0.4, -0.2) is 39.5 Å². The Labute approximate surface area is 122 Å². The van der Waals surface area contributed by atoms with E-state index in [4.69, 9.17) is 10.5 Å². The minimum Gasteiger partial charge on any atom is -0.455 e. The zero-order chi connectivity index (χ0) is 14.7. The highest BCUT2D eigenvalue weighted by Crippen LogP contribution is 2.47. The van der Waals surface area contributed by atoms with Gasteiger partial charge < -0.3 is 10.5 Å². The molecule has 0 aromatic heterocycles. The fourth-order valence-corrected chi connectivity index (χ4v) is 4.00. The number of esters is 1. The number of fused-ring (bicyclic) bond motifs is 1. The lowest BCUT2D eigenvalue weighted by atomic mass is 10.0. The molecule has 6 heteroatoms. The van der Waals surface area contributed by atoms with Crippen molar-refractivity contribution in [3.05, 3.63) is 11.3 Å². The molecule has 0 aromatic rings. The fraction of sp³-hybridized carbons (Fsp3) is 0.714. The first-order chi connectivity index (χ1) is 9.29. The van der Waals surface area contributed by atoms with Crippen LogP contribution in [0.2, 0.25) is 0 Å². The number of hydrogen-bond acceptors (Lipinski definition) is 5. The molecule has 2 fully saturated rings. The highest BCUT2D eigenvalue weighted by atomic mass is 32.2. The number of hydrogen-bond donors (Lipinski definition) is 1. The van der Waals surface area contributed by atoms with Gasteiger partial charge in [-0.15, -0.1) is 11.8 Å². The van der Waals surface area contributed by atoms with Crippen molar-refractivity contribution in [2.45, 2.75) is 50.6 Å². The van der Waals surface area contributed by atoms with Crippen molar-refractivity contribution in [2.75, 3.05) is 5.75 Å². The summed E-state index contributed by atoms with van der Waals surface area (Å²) in [6.45, 7) is 5.50. The van der Waals surface area contributed by atoms with E-state index < -0.39 is 11.6 Å². The fourth-order valence-electron chi connectivity index (χ4n) is 2.60. The number of nitrogens with two attached hydrogens (primary N) is 1. The van der Waals surface area contributed by atoms with Crippen LogP contribution in [0.3, 0.4) is 0 Å². The highest BCUT2D eigenvalue weighted by molar-refractivity contribution is 8.00. The number of β-lactam (4-membered cyclic amide) rings is 1. The molecule has 20 heavy (non-hydrogen) atoms. The van der Waals surface area contributed by atoms with Gasteiger partial charge >= 0.3 is 5.97 Å². The van der Waals surface area contributed by atoms with Gasteiger partial charge in [-0.2, -0.15) is 0 Å². The van der Waals surface area contributed by atoms with Gasteiger partial charge in [-0.05, 0) is 45.1 Å². The first kappa shape index (κ1) is 13.9. The van der Waals surface area contributed by atoms with E-state index in [1.54, 1.807) is 16.7 Å². The predicted molar refractivity (Wildman–Crippen MR) is 76.7 cm³/mol. The Bertz CT molecular complexity index is 505. The van der Waals surface area contributed by atoms with E-state index in [1.807, 2.05) is 20.8 Å². The van der Waals surface area contributed by atoms with Crippen LogP contribution in [-0.2, 0) is 14.3 Å². The Balaban J connectivity index is 1.93.